The molecule has 2 aliphatic rings. The van der Waals surface area contributed by atoms with Gasteiger partial charge >= 0.3 is 5.97 Å². The number of carboxylic acids is 1. The number of ether oxygens (including phenoxy) is 3. The van der Waals surface area contributed by atoms with Gasteiger partial charge in [0.25, 0.3) is 0 Å². The van der Waals surface area contributed by atoms with Crippen molar-refractivity contribution in [1.29, 1.82) is 5.26 Å². The maximum Gasteiger partial charge on any atom is 0.326 e. The number of amides is 1. The minimum atomic E-state index is -1.60. The van der Waals surface area contributed by atoms with Gasteiger partial charge < -0.3 is 29.7 Å². The summed E-state index contributed by atoms with van der Waals surface area (Å²) < 4.78 is 18.7. The van der Waals surface area contributed by atoms with Crippen molar-refractivity contribution in [3.63, 3.8) is 0 Å². The maximum absolute atomic E-state index is 12.6. The number of carbonyl (C=O) groups is 2. The molecule has 1 amide bonds. The van der Waals surface area contributed by atoms with E-state index in [9.17, 15) is 25.1 Å². The maximum atomic E-state index is 12.6. The molecule has 1 spiro atoms. The lowest BCUT2D eigenvalue weighted by atomic mass is 9.72. The molecule has 5 aromatic rings. The zero-order chi connectivity index (χ0) is 44.6. The Bertz CT molecular complexity index is 2480. The Morgan fingerprint density at radius 2 is 1.63 bits per heavy atom. The lowest BCUT2D eigenvalue weighted by molar-refractivity contribution is -0.146. The number of pyridine rings is 1. The molecule has 13 heteroatoms. The highest BCUT2D eigenvalue weighted by molar-refractivity contribution is 6.32. The van der Waals surface area contributed by atoms with E-state index in [1.54, 1.807) is 24.4 Å². The number of carboxylic acid groups (broad SMARTS) is 1. The summed E-state index contributed by atoms with van der Waals surface area (Å²) in [4.78, 5) is 31.0. The van der Waals surface area contributed by atoms with Crippen LogP contribution in [-0.4, -0.2) is 76.9 Å². The highest BCUT2D eigenvalue weighted by Gasteiger charge is 2.42. The first-order valence-corrected chi connectivity index (χ1v) is 21.7. The van der Waals surface area contributed by atoms with Gasteiger partial charge in [0.1, 0.15) is 48.7 Å². The molecule has 4 N–H and O–H groups in total. The van der Waals surface area contributed by atoms with Gasteiger partial charge in [0, 0.05) is 49.2 Å². The molecule has 1 atom stereocenters. The Kier molecular flexibility index (Phi) is 14.3. The zero-order valence-corrected chi connectivity index (χ0v) is 36.8. The summed E-state index contributed by atoms with van der Waals surface area (Å²) in [6, 6.07) is 27.8. The summed E-state index contributed by atoms with van der Waals surface area (Å²) in [5, 5.41) is 35.1. The quantitative estimate of drug-likeness (QED) is 0.0715. The molecule has 4 aromatic carbocycles. The fourth-order valence-corrected chi connectivity index (χ4v) is 8.64. The van der Waals surface area contributed by atoms with Crippen molar-refractivity contribution in [2.24, 2.45) is 5.41 Å². The second kappa shape index (κ2) is 20.0. The number of nitrogens with zero attached hydrogens (tertiary/aromatic N) is 3. The number of aliphatic hydroxyl groups excluding tert-OH is 1. The van der Waals surface area contributed by atoms with E-state index in [2.05, 4.69) is 76.8 Å². The van der Waals surface area contributed by atoms with Crippen LogP contribution < -0.4 is 24.8 Å². The Labute approximate surface area is 373 Å². The van der Waals surface area contributed by atoms with Crippen molar-refractivity contribution in [3.8, 4) is 45.6 Å². The molecular weight excluding hydrogens is 818 g/mol. The summed E-state index contributed by atoms with van der Waals surface area (Å²) in [5.41, 5.74) is 7.41. The molecular formula is C50H54ClN5O7. The van der Waals surface area contributed by atoms with Crippen LogP contribution in [0.1, 0.15) is 66.0 Å². The number of piperidine rings is 2. The molecule has 0 saturated carbocycles. The normalized spacial score (nSPS) is 15.8. The molecule has 1 aromatic heterocycles. The van der Waals surface area contributed by atoms with Crippen molar-refractivity contribution in [3.05, 3.63) is 130 Å². The Morgan fingerprint density at radius 1 is 0.921 bits per heavy atom. The third-order valence-electron chi connectivity index (χ3n) is 12.6. The second-order valence-corrected chi connectivity index (χ2v) is 17.1. The molecule has 3 heterocycles. The van der Waals surface area contributed by atoms with Crippen LogP contribution in [0.2, 0.25) is 5.02 Å². The van der Waals surface area contributed by atoms with Crippen LogP contribution in [0, 0.1) is 30.6 Å². The van der Waals surface area contributed by atoms with Crippen LogP contribution in [0.3, 0.4) is 0 Å². The molecule has 2 aliphatic heterocycles. The number of rotatable bonds is 17. The fourth-order valence-electron chi connectivity index (χ4n) is 8.40. The molecule has 0 bridgehead atoms. The first kappa shape index (κ1) is 45.1. The standard InChI is InChI=1S/C50H54ClN5O7/c1-33-38(31-63-46-25-45(62-30-36-23-35(26-52)27-53-28-36)39(24-44(46)51)29-55-49(3,32-57)48(59)60)7-4-9-42(33)43-10-5-8-41(34(43)2)37-11-13-40(14-12-37)61-22-21-56-19-16-50(17-20-56)15-6-18-54-47(50)58/h4-5,7-14,23-25,27-28,55,57H,6,15-22,29-32H2,1-3H3,(H,54,58)(H,59,60)/t49-/m0/s1. The highest BCUT2D eigenvalue weighted by atomic mass is 35.5. The van der Waals surface area contributed by atoms with Crippen LogP contribution in [0.5, 0.6) is 17.2 Å². The highest BCUT2D eigenvalue weighted by Crippen LogP contribution is 2.39. The van der Waals surface area contributed by atoms with Crippen LogP contribution in [0.4, 0.5) is 0 Å². The van der Waals surface area contributed by atoms with Gasteiger partial charge in [-0.15, -0.1) is 0 Å². The number of hydrogen-bond acceptors (Lipinski definition) is 10. The minimum Gasteiger partial charge on any atom is -0.492 e. The predicted molar refractivity (Wildman–Crippen MR) is 242 cm³/mol. The number of hydrogen-bond donors (Lipinski definition) is 4. The van der Waals surface area contributed by atoms with Crippen molar-refractivity contribution < 1.29 is 34.0 Å². The van der Waals surface area contributed by atoms with Gasteiger partial charge in [-0.1, -0.05) is 60.1 Å². The summed E-state index contributed by atoms with van der Waals surface area (Å²) >= 11 is 6.79. The van der Waals surface area contributed by atoms with Gasteiger partial charge in [-0.25, -0.2) is 0 Å². The van der Waals surface area contributed by atoms with Crippen LogP contribution in [-0.2, 0) is 29.3 Å². The van der Waals surface area contributed by atoms with Crippen molar-refractivity contribution in [2.75, 3.05) is 39.4 Å². The first-order chi connectivity index (χ1) is 30.4. The van der Waals surface area contributed by atoms with Crippen LogP contribution in [0.25, 0.3) is 22.3 Å². The molecule has 2 fully saturated rings. The number of aromatic nitrogens is 1. The van der Waals surface area contributed by atoms with Crippen molar-refractivity contribution >= 4 is 23.5 Å². The van der Waals surface area contributed by atoms with Gasteiger partial charge in [0.2, 0.25) is 5.91 Å². The average Bonchev–Trinajstić information content (AvgIpc) is 3.30. The fraction of sp³-hybridized carbons (Fsp3) is 0.360. The van der Waals surface area contributed by atoms with E-state index < -0.39 is 18.1 Å². The molecule has 328 valence electrons. The summed E-state index contributed by atoms with van der Waals surface area (Å²) in [6.45, 7) is 9.36. The third-order valence-corrected chi connectivity index (χ3v) is 12.9. The molecule has 0 radical (unpaired) electrons. The molecule has 0 unspecified atom stereocenters. The number of nitrogens with one attached hydrogen (secondary N) is 2. The van der Waals surface area contributed by atoms with Crippen molar-refractivity contribution in [1.82, 2.24) is 20.5 Å². The van der Waals surface area contributed by atoms with E-state index in [-0.39, 0.29) is 31.1 Å². The molecule has 2 saturated heterocycles. The third kappa shape index (κ3) is 10.5. The SMILES string of the molecule is Cc1c(COc2cc(OCc3cncc(C#N)c3)c(CN[C@@](C)(CO)C(=O)O)cc2Cl)cccc1-c1cccc(-c2ccc(OCCN3CCC4(CCCNC4=O)CC3)cc2)c1C. The molecule has 0 aliphatic carbocycles. The van der Waals surface area contributed by atoms with E-state index in [1.165, 1.54) is 13.1 Å². The van der Waals surface area contributed by atoms with Crippen LogP contribution in [0.15, 0.2) is 91.3 Å². The number of benzene rings is 4. The topological polar surface area (TPSA) is 166 Å². The average molecular weight is 872 g/mol. The van der Waals surface area contributed by atoms with E-state index >= 15 is 0 Å². The van der Waals surface area contributed by atoms with Gasteiger partial charge in [0.05, 0.1) is 22.6 Å². The van der Waals surface area contributed by atoms with Gasteiger partial charge in [0.15, 0.2) is 0 Å². The number of nitriles is 1. The van der Waals surface area contributed by atoms with Crippen LogP contribution >= 0.6 is 11.6 Å². The second-order valence-electron chi connectivity index (χ2n) is 16.7. The van der Waals surface area contributed by atoms with E-state index in [4.69, 9.17) is 25.8 Å². The van der Waals surface area contributed by atoms with E-state index in [0.717, 1.165) is 96.6 Å². The monoisotopic (exact) mass is 871 g/mol. The predicted octanol–water partition coefficient (Wildman–Crippen LogP) is 8.01. The lowest BCUT2D eigenvalue weighted by Gasteiger charge is -2.42. The lowest BCUT2D eigenvalue weighted by Crippen LogP contribution is -2.52. The summed E-state index contributed by atoms with van der Waals surface area (Å²) in [7, 11) is 0. The summed E-state index contributed by atoms with van der Waals surface area (Å²) in [6.07, 6.45) is 6.96. The smallest absolute Gasteiger partial charge is 0.326 e. The number of halogens is 1. The number of aliphatic carboxylic acids is 1. The minimum absolute atomic E-state index is 0.0238. The molecule has 12 nitrogen and oxygen atoms in total. The number of aliphatic hydroxyl groups is 1. The van der Waals surface area contributed by atoms with Gasteiger partial charge in [-0.05, 0) is 123 Å². The Balaban J connectivity index is 1.02. The Morgan fingerprint density at radius 3 is 2.35 bits per heavy atom. The largest absolute Gasteiger partial charge is 0.492 e. The number of carbonyl (C=O) groups excluding carboxylic acids is 1. The molecule has 63 heavy (non-hydrogen) atoms. The van der Waals surface area contributed by atoms with Gasteiger partial charge in [-0.2, -0.15) is 5.26 Å². The Hall–Kier alpha value is -5.97. The number of likely N-dealkylation sites (tertiary alicyclic amines) is 1. The first-order valence-electron chi connectivity index (χ1n) is 21.4. The zero-order valence-electron chi connectivity index (χ0n) is 36.0. The van der Waals surface area contributed by atoms with E-state index in [0.29, 0.717) is 39.8 Å². The molecule has 7 rings (SSSR count). The summed E-state index contributed by atoms with van der Waals surface area (Å²) in [5.74, 6) is 0.612. The van der Waals surface area contributed by atoms with Crippen molar-refractivity contribution in [2.45, 2.75) is 71.8 Å². The van der Waals surface area contributed by atoms with Gasteiger partial charge in [-0.3, -0.25) is 24.8 Å². The van der Waals surface area contributed by atoms with E-state index in [1.807, 2.05) is 24.3 Å².